The van der Waals surface area contributed by atoms with E-state index in [4.69, 9.17) is 0 Å². The van der Waals surface area contributed by atoms with Gasteiger partial charge in [-0.2, -0.15) is 5.26 Å². The maximum Gasteiger partial charge on any atom is 0.113 e. The van der Waals surface area contributed by atoms with Crippen molar-refractivity contribution >= 4 is 11.3 Å². The largest absolute Gasteiger partial charge is 0.239 e. The van der Waals surface area contributed by atoms with Crippen LogP contribution in [0.5, 0.6) is 0 Å². The van der Waals surface area contributed by atoms with Gasteiger partial charge < -0.3 is 0 Å². The number of thiazole rings is 1. The molecule has 0 radical (unpaired) electrons. The molecular formula is C15H16N2S. The van der Waals surface area contributed by atoms with Crippen LogP contribution in [0.2, 0.25) is 0 Å². The third-order valence-electron chi connectivity index (χ3n) is 3.01. The summed E-state index contributed by atoms with van der Waals surface area (Å²) in [6.45, 7) is 7.97. The van der Waals surface area contributed by atoms with Crippen LogP contribution < -0.4 is 0 Å². The number of aromatic nitrogens is 1. The fourth-order valence-corrected chi connectivity index (χ4v) is 2.78. The van der Waals surface area contributed by atoms with Gasteiger partial charge in [-0.3, -0.25) is 0 Å². The molecule has 2 rings (SSSR count). The Labute approximate surface area is 112 Å². The highest BCUT2D eigenvalue weighted by molar-refractivity contribution is 7.12. The molecule has 0 aliphatic carbocycles. The molecule has 1 aromatic carbocycles. The van der Waals surface area contributed by atoms with E-state index < -0.39 is 5.41 Å². The van der Waals surface area contributed by atoms with E-state index in [0.29, 0.717) is 0 Å². The second kappa shape index (κ2) is 4.55. The zero-order valence-corrected chi connectivity index (χ0v) is 11.9. The van der Waals surface area contributed by atoms with E-state index in [-0.39, 0.29) is 0 Å². The number of benzene rings is 1. The summed E-state index contributed by atoms with van der Waals surface area (Å²) in [6, 6.07) is 10.5. The minimum Gasteiger partial charge on any atom is -0.239 e. The average molecular weight is 256 g/mol. The summed E-state index contributed by atoms with van der Waals surface area (Å²) in [5.41, 5.74) is 2.87. The van der Waals surface area contributed by atoms with Crippen molar-refractivity contribution < 1.29 is 0 Å². The van der Waals surface area contributed by atoms with Crippen molar-refractivity contribution in [1.29, 1.82) is 5.26 Å². The van der Waals surface area contributed by atoms with Gasteiger partial charge in [-0.25, -0.2) is 4.98 Å². The van der Waals surface area contributed by atoms with Gasteiger partial charge in [0.05, 0.1) is 11.8 Å². The van der Waals surface area contributed by atoms with Crippen molar-refractivity contribution in [3.05, 3.63) is 39.7 Å². The van der Waals surface area contributed by atoms with Crippen molar-refractivity contribution in [2.24, 2.45) is 0 Å². The molecule has 18 heavy (non-hydrogen) atoms. The smallest absolute Gasteiger partial charge is 0.113 e. The van der Waals surface area contributed by atoms with E-state index in [9.17, 15) is 5.26 Å². The molecule has 0 spiro atoms. The molecule has 0 saturated carbocycles. The van der Waals surface area contributed by atoms with Gasteiger partial charge in [-0.1, -0.05) is 24.3 Å². The Kier molecular flexibility index (Phi) is 3.23. The van der Waals surface area contributed by atoms with Crippen LogP contribution in [0, 0.1) is 25.2 Å². The molecule has 1 aromatic heterocycles. The number of hydrogen-bond acceptors (Lipinski definition) is 3. The van der Waals surface area contributed by atoms with E-state index in [1.54, 1.807) is 11.3 Å². The van der Waals surface area contributed by atoms with Crippen LogP contribution in [-0.2, 0) is 5.41 Å². The summed E-state index contributed by atoms with van der Waals surface area (Å²) in [5, 5.41) is 10.1. The van der Waals surface area contributed by atoms with Gasteiger partial charge in [0.25, 0.3) is 0 Å². The van der Waals surface area contributed by atoms with Gasteiger partial charge in [-0.05, 0) is 33.3 Å². The van der Waals surface area contributed by atoms with Crippen LogP contribution in [0.3, 0.4) is 0 Å². The Balaban J connectivity index is 2.56. The molecule has 2 nitrogen and oxygen atoms in total. The Morgan fingerprint density at radius 2 is 1.89 bits per heavy atom. The zero-order chi connectivity index (χ0) is 13.3. The first-order valence-corrected chi connectivity index (χ1v) is 6.72. The zero-order valence-electron chi connectivity index (χ0n) is 11.1. The first-order valence-electron chi connectivity index (χ1n) is 5.91. The van der Waals surface area contributed by atoms with Crippen LogP contribution in [0.1, 0.15) is 29.3 Å². The van der Waals surface area contributed by atoms with Crippen LogP contribution in [0.4, 0.5) is 0 Å². The van der Waals surface area contributed by atoms with Crippen molar-refractivity contribution in [2.45, 2.75) is 33.1 Å². The molecular weight excluding hydrogens is 240 g/mol. The minimum absolute atomic E-state index is 0.517. The fourth-order valence-electron chi connectivity index (χ4n) is 1.80. The molecule has 0 aliphatic heterocycles. The Morgan fingerprint density at radius 3 is 2.50 bits per heavy atom. The summed E-state index contributed by atoms with van der Waals surface area (Å²) in [5.74, 6) is 0. The van der Waals surface area contributed by atoms with Gasteiger partial charge in [0, 0.05) is 10.4 Å². The predicted molar refractivity (Wildman–Crippen MR) is 75.7 cm³/mol. The lowest BCUT2D eigenvalue weighted by Crippen LogP contribution is -2.13. The van der Waals surface area contributed by atoms with Crippen LogP contribution >= 0.6 is 11.3 Å². The molecule has 1 heterocycles. The fraction of sp³-hybridized carbons (Fsp3) is 0.333. The molecule has 0 N–H and O–H groups in total. The van der Waals surface area contributed by atoms with Crippen LogP contribution in [-0.4, -0.2) is 4.98 Å². The number of rotatable bonds is 2. The van der Waals surface area contributed by atoms with E-state index in [1.165, 1.54) is 10.4 Å². The second-order valence-corrected chi connectivity index (χ2v) is 6.18. The van der Waals surface area contributed by atoms with Crippen molar-refractivity contribution in [3.63, 3.8) is 0 Å². The molecule has 0 aliphatic rings. The average Bonchev–Trinajstić information content (AvgIpc) is 2.73. The Hall–Kier alpha value is -1.66. The SMILES string of the molecule is Cc1ccccc1-c1nc(C(C)(C)C#N)sc1C. The minimum atomic E-state index is -0.517. The Bertz CT molecular complexity index is 618. The highest BCUT2D eigenvalue weighted by atomic mass is 32.1. The number of nitrogens with zero attached hydrogens (tertiary/aromatic N) is 2. The van der Waals surface area contributed by atoms with Crippen LogP contribution in [0.25, 0.3) is 11.3 Å². The molecule has 92 valence electrons. The van der Waals surface area contributed by atoms with Gasteiger partial charge in [0.1, 0.15) is 10.4 Å². The summed E-state index contributed by atoms with van der Waals surface area (Å²) < 4.78 is 0. The van der Waals surface area contributed by atoms with E-state index in [0.717, 1.165) is 16.3 Å². The van der Waals surface area contributed by atoms with Crippen molar-refractivity contribution in [3.8, 4) is 17.3 Å². The summed E-state index contributed by atoms with van der Waals surface area (Å²) in [7, 11) is 0. The van der Waals surface area contributed by atoms with Crippen LogP contribution in [0.15, 0.2) is 24.3 Å². The number of aryl methyl sites for hydroxylation is 2. The molecule has 0 unspecified atom stereocenters. The normalized spacial score (nSPS) is 11.3. The maximum absolute atomic E-state index is 9.19. The Morgan fingerprint density at radius 1 is 1.22 bits per heavy atom. The third-order valence-corrected chi connectivity index (χ3v) is 4.31. The highest BCUT2D eigenvalue weighted by Gasteiger charge is 2.25. The molecule has 0 saturated heterocycles. The first kappa shape index (κ1) is 12.8. The molecule has 0 fully saturated rings. The quantitative estimate of drug-likeness (QED) is 0.806. The van der Waals surface area contributed by atoms with Gasteiger partial charge in [0.2, 0.25) is 0 Å². The summed E-state index contributed by atoms with van der Waals surface area (Å²) >= 11 is 1.62. The number of hydrogen-bond donors (Lipinski definition) is 0. The van der Waals surface area contributed by atoms with E-state index >= 15 is 0 Å². The standard InChI is InChI=1S/C15H16N2S/c1-10-7-5-6-8-12(10)13-11(2)18-14(17-13)15(3,4)9-16/h5-8H,1-4H3. The monoisotopic (exact) mass is 256 g/mol. The topological polar surface area (TPSA) is 36.7 Å². The molecule has 0 atom stereocenters. The third kappa shape index (κ3) is 2.16. The molecule has 3 heteroatoms. The predicted octanol–water partition coefficient (Wildman–Crippen LogP) is 4.23. The van der Waals surface area contributed by atoms with Crippen molar-refractivity contribution in [1.82, 2.24) is 4.98 Å². The first-order chi connectivity index (χ1) is 8.45. The van der Waals surface area contributed by atoms with Crippen molar-refractivity contribution in [2.75, 3.05) is 0 Å². The summed E-state index contributed by atoms with van der Waals surface area (Å²) in [6.07, 6.45) is 0. The maximum atomic E-state index is 9.19. The molecule has 2 aromatic rings. The molecule has 0 bridgehead atoms. The molecule has 0 amide bonds. The lowest BCUT2D eigenvalue weighted by atomic mass is 9.97. The lowest BCUT2D eigenvalue weighted by Gasteiger charge is -2.10. The second-order valence-electron chi connectivity index (χ2n) is 4.98. The van der Waals surface area contributed by atoms with E-state index in [2.05, 4.69) is 37.0 Å². The van der Waals surface area contributed by atoms with Gasteiger partial charge in [0.15, 0.2) is 0 Å². The lowest BCUT2D eigenvalue weighted by molar-refractivity contribution is 0.680. The van der Waals surface area contributed by atoms with Gasteiger partial charge >= 0.3 is 0 Å². The summed E-state index contributed by atoms with van der Waals surface area (Å²) in [4.78, 5) is 5.85. The van der Waals surface area contributed by atoms with Gasteiger partial charge in [-0.15, -0.1) is 11.3 Å². The van der Waals surface area contributed by atoms with E-state index in [1.807, 2.05) is 26.0 Å². The number of nitriles is 1. The highest BCUT2D eigenvalue weighted by Crippen LogP contribution is 2.34.